The summed E-state index contributed by atoms with van der Waals surface area (Å²) in [6.45, 7) is 0. The number of benzene rings is 2. The summed E-state index contributed by atoms with van der Waals surface area (Å²) < 4.78 is 18.6. The first-order valence-corrected chi connectivity index (χ1v) is 8.70. The Kier molecular flexibility index (Phi) is 5.67. The number of hydrogen-bond acceptors (Lipinski definition) is 5. The summed E-state index contributed by atoms with van der Waals surface area (Å²) in [5.41, 5.74) is 1.49. The number of carbonyl (C=O) groups excluding carboxylic acids is 1. The highest BCUT2D eigenvalue weighted by atomic mass is 35.5. The summed E-state index contributed by atoms with van der Waals surface area (Å²) in [4.78, 5) is 11.9. The lowest BCUT2D eigenvalue weighted by Crippen LogP contribution is -2.14. The molecule has 0 spiro atoms. The molecule has 0 aliphatic carbocycles. The lowest BCUT2D eigenvalue weighted by atomic mass is 10.2. The highest BCUT2D eigenvalue weighted by molar-refractivity contribution is 7.99. The Morgan fingerprint density at radius 1 is 1.20 bits per heavy atom. The number of amides is 1. The second-order valence-corrected chi connectivity index (χ2v) is 6.42. The second kappa shape index (κ2) is 8.13. The van der Waals surface area contributed by atoms with E-state index >= 15 is 0 Å². The van der Waals surface area contributed by atoms with Crippen molar-refractivity contribution in [1.29, 1.82) is 0 Å². The monoisotopic (exact) mass is 377 g/mol. The normalized spacial score (nSPS) is 10.6. The molecule has 0 radical (unpaired) electrons. The molecule has 1 N–H and O–H groups in total. The van der Waals surface area contributed by atoms with Gasteiger partial charge in [-0.1, -0.05) is 53.7 Å². The van der Waals surface area contributed by atoms with Crippen LogP contribution >= 0.6 is 23.4 Å². The average molecular weight is 378 g/mol. The Hall–Kier alpha value is -2.38. The summed E-state index contributed by atoms with van der Waals surface area (Å²) >= 11 is 6.80. The van der Waals surface area contributed by atoms with Crippen LogP contribution in [0.3, 0.4) is 0 Å². The van der Waals surface area contributed by atoms with Gasteiger partial charge in [0, 0.05) is 5.69 Å². The molecule has 8 heteroatoms. The van der Waals surface area contributed by atoms with E-state index in [9.17, 15) is 9.18 Å². The third kappa shape index (κ3) is 5.04. The van der Waals surface area contributed by atoms with E-state index in [4.69, 9.17) is 16.0 Å². The number of anilines is 1. The molecule has 0 atom stereocenters. The van der Waals surface area contributed by atoms with Crippen LogP contribution in [-0.2, 0) is 11.2 Å². The third-order valence-electron chi connectivity index (χ3n) is 3.18. The predicted molar refractivity (Wildman–Crippen MR) is 94.3 cm³/mol. The van der Waals surface area contributed by atoms with Crippen LogP contribution in [0.5, 0.6) is 0 Å². The molecule has 1 heterocycles. The second-order valence-electron chi connectivity index (χ2n) is 5.09. The summed E-state index contributed by atoms with van der Waals surface area (Å²) in [6, 6.07) is 13.7. The molecule has 3 rings (SSSR count). The molecule has 0 unspecified atom stereocenters. The van der Waals surface area contributed by atoms with Gasteiger partial charge in [0.2, 0.25) is 11.8 Å². The van der Waals surface area contributed by atoms with Crippen LogP contribution in [0.4, 0.5) is 10.1 Å². The van der Waals surface area contributed by atoms with E-state index in [1.807, 2.05) is 30.3 Å². The van der Waals surface area contributed by atoms with Gasteiger partial charge in [-0.05, 0) is 23.8 Å². The van der Waals surface area contributed by atoms with Crippen LogP contribution in [0.25, 0.3) is 0 Å². The number of halogens is 2. The molecule has 5 nitrogen and oxygen atoms in total. The summed E-state index contributed by atoms with van der Waals surface area (Å²) in [5, 5.41) is 10.8. The van der Waals surface area contributed by atoms with E-state index in [0.717, 1.165) is 17.3 Å². The van der Waals surface area contributed by atoms with Gasteiger partial charge in [-0.2, -0.15) is 0 Å². The lowest BCUT2D eigenvalue weighted by molar-refractivity contribution is -0.113. The topological polar surface area (TPSA) is 68.0 Å². The van der Waals surface area contributed by atoms with Gasteiger partial charge in [0.25, 0.3) is 5.22 Å². The third-order valence-corrected chi connectivity index (χ3v) is 4.28. The number of rotatable bonds is 6. The first kappa shape index (κ1) is 17.4. The van der Waals surface area contributed by atoms with Gasteiger partial charge >= 0.3 is 0 Å². The standard InChI is InChI=1S/C17H13ClFN3O2S/c18-13-9-12(6-7-14(13)19)20-15(23)10-25-17-22-21-16(24-17)8-11-4-2-1-3-5-11/h1-7,9H,8,10H2,(H,20,23). The van der Waals surface area contributed by atoms with Gasteiger partial charge in [0.05, 0.1) is 17.2 Å². The quantitative estimate of drug-likeness (QED) is 0.652. The van der Waals surface area contributed by atoms with Crippen LogP contribution in [0, 0.1) is 5.82 Å². The maximum absolute atomic E-state index is 13.1. The van der Waals surface area contributed by atoms with Crippen molar-refractivity contribution in [3.05, 3.63) is 70.8 Å². The Bertz CT molecular complexity index is 873. The Labute approximate surface area is 152 Å². The largest absolute Gasteiger partial charge is 0.416 e. The molecule has 1 amide bonds. The van der Waals surface area contributed by atoms with Crippen molar-refractivity contribution in [2.45, 2.75) is 11.6 Å². The summed E-state index contributed by atoms with van der Waals surface area (Å²) in [6.07, 6.45) is 0.536. The van der Waals surface area contributed by atoms with Crippen molar-refractivity contribution in [3.63, 3.8) is 0 Å². The minimum atomic E-state index is -0.536. The van der Waals surface area contributed by atoms with E-state index < -0.39 is 5.82 Å². The zero-order chi connectivity index (χ0) is 17.6. The van der Waals surface area contributed by atoms with E-state index in [1.165, 1.54) is 18.2 Å². The van der Waals surface area contributed by atoms with E-state index in [2.05, 4.69) is 15.5 Å². The van der Waals surface area contributed by atoms with Crippen molar-refractivity contribution in [2.24, 2.45) is 0 Å². The molecule has 0 aliphatic rings. The zero-order valence-electron chi connectivity index (χ0n) is 12.9. The van der Waals surface area contributed by atoms with Gasteiger partial charge < -0.3 is 9.73 Å². The zero-order valence-corrected chi connectivity index (χ0v) is 14.5. The fourth-order valence-electron chi connectivity index (χ4n) is 2.04. The van der Waals surface area contributed by atoms with E-state index in [-0.39, 0.29) is 16.7 Å². The Balaban J connectivity index is 1.51. The minimum Gasteiger partial charge on any atom is -0.416 e. The molecule has 1 aromatic heterocycles. The number of nitrogens with zero attached hydrogens (tertiary/aromatic N) is 2. The first-order chi connectivity index (χ1) is 12.1. The average Bonchev–Trinajstić information content (AvgIpc) is 3.05. The predicted octanol–water partition coefficient (Wildman–Crippen LogP) is 4.18. The first-order valence-electron chi connectivity index (χ1n) is 7.34. The minimum absolute atomic E-state index is 0.0482. The number of nitrogens with one attached hydrogen (secondary N) is 1. The molecule has 0 saturated heterocycles. The molecule has 2 aromatic carbocycles. The fraction of sp³-hybridized carbons (Fsp3) is 0.118. The molecule has 0 saturated carbocycles. The maximum Gasteiger partial charge on any atom is 0.277 e. The van der Waals surface area contributed by atoms with E-state index in [1.54, 1.807) is 0 Å². The van der Waals surface area contributed by atoms with Gasteiger partial charge in [0.1, 0.15) is 5.82 Å². The van der Waals surface area contributed by atoms with Crippen LogP contribution in [0.1, 0.15) is 11.5 Å². The lowest BCUT2D eigenvalue weighted by Gasteiger charge is -2.04. The van der Waals surface area contributed by atoms with Crippen LogP contribution in [0.15, 0.2) is 58.2 Å². The maximum atomic E-state index is 13.1. The van der Waals surface area contributed by atoms with Gasteiger partial charge in [-0.15, -0.1) is 10.2 Å². The molecular weight excluding hydrogens is 365 g/mol. The molecule has 0 aliphatic heterocycles. The number of hydrogen-bond donors (Lipinski definition) is 1. The van der Waals surface area contributed by atoms with Crippen LogP contribution < -0.4 is 5.32 Å². The molecular formula is C17H13ClFN3O2S. The Morgan fingerprint density at radius 2 is 2.00 bits per heavy atom. The molecule has 128 valence electrons. The molecule has 25 heavy (non-hydrogen) atoms. The highest BCUT2D eigenvalue weighted by Crippen LogP contribution is 2.21. The van der Waals surface area contributed by atoms with Crippen molar-refractivity contribution >= 4 is 35.0 Å². The van der Waals surface area contributed by atoms with Gasteiger partial charge in [0.15, 0.2) is 0 Å². The smallest absolute Gasteiger partial charge is 0.277 e. The summed E-state index contributed by atoms with van der Waals surface area (Å²) in [7, 11) is 0. The van der Waals surface area contributed by atoms with Gasteiger partial charge in [-0.3, -0.25) is 4.79 Å². The SMILES string of the molecule is O=C(CSc1nnc(Cc2ccccc2)o1)Nc1ccc(F)c(Cl)c1. The molecule has 0 fully saturated rings. The van der Waals surface area contributed by atoms with Crippen molar-refractivity contribution in [1.82, 2.24) is 10.2 Å². The molecule has 0 bridgehead atoms. The summed E-state index contributed by atoms with van der Waals surface area (Å²) in [5.74, 6) is -0.247. The van der Waals surface area contributed by atoms with Crippen molar-refractivity contribution < 1.29 is 13.6 Å². The van der Waals surface area contributed by atoms with E-state index in [0.29, 0.717) is 23.2 Å². The number of thioether (sulfide) groups is 1. The van der Waals surface area contributed by atoms with Crippen LogP contribution in [-0.4, -0.2) is 21.9 Å². The van der Waals surface area contributed by atoms with Crippen LogP contribution in [0.2, 0.25) is 5.02 Å². The van der Waals surface area contributed by atoms with Gasteiger partial charge in [-0.25, -0.2) is 4.39 Å². The van der Waals surface area contributed by atoms with Crippen molar-refractivity contribution in [2.75, 3.05) is 11.1 Å². The number of carbonyl (C=O) groups is 1. The van der Waals surface area contributed by atoms with Crippen molar-refractivity contribution in [3.8, 4) is 0 Å². The Morgan fingerprint density at radius 3 is 2.76 bits per heavy atom. The highest BCUT2D eigenvalue weighted by Gasteiger charge is 2.11. The number of aromatic nitrogens is 2. The molecule has 3 aromatic rings. The fourth-order valence-corrected chi connectivity index (χ4v) is 2.80.